The lowest BCUT2D eigenvalue weighted by Gasteiger charge is -2.39. The van der Waals surface area contributed by atoms with Gasteiger partial charge in [0.25, 0.3) is 0 Å². The van der Waals surface area contributed by atoms with Gasteiger partial charge in [-0.15, -0.1) is 24.0 Å². The first-order valence-corrected chi connectivity index (χ1v) is 10.1. The molecule has 0 aliphatic carbocycles. The average Bonchev–Trinajstić information content (AvgIpc) is 2.77. The standard InChI is InChI=1S/C22H32N6.HI/c1-19(27-14-16-28(17-15-27)21-9-4-3-5-10-21)18-26-22(23-2)25-13-11-20-8-6-7-12-24-20;/h3-10,12,19H,11,13-18H2,1-2H3,(H2,23,25,26);1H. The third kappa shape index (κ3) is 7.47. The molecule has 0 bridgehead atoms. The Kier molecular flexibility index (Phi) is 10.2. The smallest absolute Gasteiger partial charge is 0.191 e. The van der Waals surface area contributed by atoms with Gasteiger partial charge in [-0.05, 0) is 31.2 Å². The highest BCUT2D eigenvalue weighted by Gasteiger charge is 2.21. The molecule has 1 atom stereocenters. The summed E-state index contributed by atoms with van der Waals surface area (Å²) < 4.78 is 0. The number of rotatable bonds is 7. The molecule has 1 saturated heterocycles. The summed E-state index contributed by atoms with van der Waals surface area (Å²) in [4.78, 5) is 13.7. The fourth-order valence-electron chi connectivity index (χ4n) is 3.51. The first kappa shape index (κ1) is 23.4. The van der Waals surface area contributed by atoms with E-state index in [1.807, 2.05) is 25.4 Å². The van der Waals surface area contributed by atoms with E-state index in [0.717, 1.165) is 57.3 Å². The van der Waals surface area contributed by atoms with Crippen molar-refractivity contribution in [3.8, 4) is 0 Å². The van der Waals surface area contributed by atoms with Gasteiger partial charge in [-0.3, -0.25) is 14.9 Å². The summed E-state index contributed by atoms with van der Waals surface area (Å²) in [5.41, 5.74) is 2.42. The van der Waals surface area contributed by atoms with Crippen LogP contribution >= 0.6 is 24.0 Å². The van der Waals surface area contributed by atoms with E-state index in [1.54, 1.807) is 0 Å². The lowest BCUT2D eigenvalue weighted by molar-refractivity contribution is 0.197. The number of halogens is 1. The second-order valence-corrected chi connectivity index (χ2v) is 7.16. The topological polar surface area (TPSA) is 55.8 Å². The minimum atomic E-state index is 0. The Balaban J connectivity index is 0.00000300. The van der Waals surface area contributed by atoms with Crippen molar-refractivity contribution in [2.75, 3.05) is 51.2 Å². The number of pyridine rings is 1. The van der Waals surface area contributed by atoms with Crippen LogP contribution in [-0.4, -0.2) is 68.2 Å². The van der Waals surface area contributed by atoms with Crippen LogP contribution < -0.4 is 15.5 Å². The molecule has 1 aromatic heterocycles. The van der Waals surface area contributed by atoms with Gasteiger partial charge in [-0.2, -0.15) is 0 Å². The maximum absolute atomic E-state index is 4.35. The van der Waals surface area contributed by atoms with Gasteiger partial charge >= 0.3 is 0 Å². The number of hydrogen-bond donors (Lipinski definition) is 2. The maximum atomic E-state index is 4.35. The Bertz CT molecular complexity index is 717. The van der Waals surface area contributed by atoms with Crippen molar-refractivity contribution < 1.29 is 0 Å². The molecule has 1 fully saturated rings. The van der Waals surface area contributed by atoms with Gasteiger partial charge in [0.05, 0.1) is 0 Å². The van der Waals surface area contributed by atoms with Crippen LogP contribution in [0.3, 0.4) is 0 Å². The third-order valence-corrected chi connectivity index (χ3v) is 5.25. The molecular formula is C22H33IN6. The predicted molar refractivity (Wildman–Crippen MR) is 132 cm³/mol. The highest BCUT2D eigenvalue weighted by Crippen LogP contribution is 2.16. The molecule has 1 aliphatic heterocycles. The number of aromatic nitrogens is 1. The van der Waals surface area contributed by atoms with Crippen molar-refractivity contribution in [2.45, 2.75) is 19.4 Å². The Hall–Kier alpha value is -1.87. The van der Waals surface area contributed by atoms with Gasteiger partial charge in [0.15, 0.2) is 5.96 Å². The summed E-state index contributed by atoms with van der Waals surface area (Å²) in [5.74, 6) is 0.853. The second-order valence-electron chi connectivity index (χ2n) is 7.16. The number of anilines is 1. The van der Waals surface area contributed by atoms with Crippen LogP contribution in [0.5, 0.6) is 0 Å². The van der Waals surface area contributed by atoms with Crippen LogP contribution in [0.2, 0.25) is 0 Å². The summed E-state index contributed by atoms with van der Waals surface area (Å²) in [6.07, 6.45) is 2.72. The Morgan fingerprint density at radius 1 is 1.03 bits per heavy atom. The number of guanidine groups is 1. The normalized spacial score (nSPS) is 16.1. The first-order chi connectivity index (χ1) is 13.8. The van der Waals surface area contributed by atoms with Gasteiger partial charge in [0.1, 0.15) is 0 Å². The molecule has 0 saturated carbocycles. The number of hydrogen-bond acceptors (Lipinski definition) is 4. The number of nitrogens with zero attached hydrogens (tertiary/aromatic N) is 4. The summed E-state index contributed by atoms with van der Waals surface area (Å²) in [6.45, 7) is 8.31. The van der Waals surface area contributed by atoms with Crippen LogP contribution in [0, 0.1) is 0 Å². The molecule has 2 heterocycles. The minimum absolute atomic E-state index is 0. The molecule has 1 unspecified atom stereocenters. The molecule has 0 radical (unpaired) electrons. The zero-order valence-corrected chi connectivity index (χ0v) is 19.8. The molecule has 7 heteroatoms. The third-order valence-electron chi connectivity index (χ3n) is 5.25. The van der Waals surface area contributed by atoms with Crippen LogP contribution in [0.15, 0.2) is 59.7 Å². The monoisotopic (exact) mass is 508 g/mol. The molecular weight excluding hydrogens is 475 g/mol. The molecule has 6 nitrogen and oxygen atoms in total. The van der Waals surface area contributed by atoms with Crippen LogP contribution in [0.25, 0.3) is 0 Å². The van der Waals surface area contributed by atoms with E-state index in [-0.39, 0.29) is 24.0 Å². The molecule has 0 spiro atoms. The molecule has 0 amide bonds. The largest absolute Gasteiger partial charge is 0.369 e. The van der Waals surface area contributed by atoms with Gasteiger partial charge in [0.2, 0.25) is 0 Å². The van der Waals surface area contributed by atoms with E-state index in [4.69, 9.17) is 0 Å². The molecule has 3 rings (SSSR count). The Labute approximate surface area is 191 Å². The number of para-hydroxylation sites is 1. The summed E-state index contributed by atoms with van der Waals surface area (Å²) in [5, 5.41) is 6.84. The zero-order valence-electron chi connectivity index (χ0n) is 17.4. The van der Waals surface area contributed by atoms with E-state index in [1.165, 1.54) is 5.69 Å². The zero-order chi connectivity index (χ0) is 19.6. The van der Waals surface area contributed by atoms with Crippen molar-refractivity contribution in [1.82, 2.24) is 20.5 Å². The Morgan fingerprint density at radius 2 is 1.76 bits per heavy atom. The second kappa shape index (κ2) is 12.6. The highest BCUT2D eigenvalue weighted by molar-refractivity contribution is 14.0. The lowest BCUT2D eigenvalue weighted by atomic mass is 10.2. The van der Waals surface area contributed by atoms with E-state index in [9.17, 15) is 0 Å². The van der Waals surface area contributed by atoms with Crippen molar-refractivity contribution in [1.29, 1.82) is 0 Å². The van der Waals surface area contributed by atoms with Crippen molar-refractivity contribution in [3.63, 3.8) is 0 Å². The number of benzene rings is 1. The molecule has 158 valence electrons. The molecule has 29 heavy (non-hydrogen) atoms. The average molecular weight is 508 g/mol. The van der Waals surface area contributed by atoms with E-state index in [2.05, 4.69) is 73.7 Å². The van der Waals surface area contributed by atoms with Crippen LogP contribution in [0.4, 0.5) is 5.69 Å². The summed E-state index contributed by atoms with van der Waals surface area (Å²) >= 11 is 0. The molecule has 1 aromatic carbocycles. The van der Waals surface area contributed by atoms with Gasteiger partial charge in [0, 0.05) is 76.4 Å². The number of piperazine rings is 1. The van der Waals surface area contributed by atoms with Crippen LogP contribution in [-0.2, 0) is 6.42 Å². The maximum Gasteiger partial charge on any atom is 0.191 e. The molecule has 2 N–H and O–H groups in total. The van der Waals surface area contributed by atoms with E-state index >= 15 is 0 Å². The minimum Gasteiger partial charge on any atom is -0.369 e. The number of nitrogens with one attached hydrogen (secondary N) is 2. The van der Waals surface area contributed by atoms with Gasteiger partial charge in [-0.25, -0.2) is 0 Å². The molecule has 2 aromatic rings. The van der Waals surface area contributed by atoms with Crippen molar-refractivity contribution in [2.24, 2.45) is 4.99 Å². The molecule has 1 aliphatic rings. The fraction of sp³-hybridized carbons (Fsp3) is 0.455. The fourth-order valence-corrected chi connectivity index (χ4v) is 3.51. The quantitative estimate of drug-likeness (QED) is 0.342. The predicted octanol–water partition coefficient (Wildman–Crippen LogP) is 2.62. The number of aliphatic imine (C=N–C) groups is 1. The summed E-state index contributed by atoms with van der Waals surface area (Å²) in [6, 6.07) is 17.2. The van der Waals surface area contributed by atoms with E-state index < -0.39 is 0 Å². The van der Waals surface area contributed by atoms with Crippen molar-refractivity contribution >= 4 is 35.6 Å². The highest BCUT2D eigenvalue weighted by atomic mass is 127. The first-order valence-electron chi connectivity index (χ1n) is 10.1. The van der Waals surface area contributed by atoms with Crippen LogP contribution in [0.1, 0.15) is 12.6 Å². The van der Waals surface area contributed by atoms with Gasteiger partial charge in [-0.1, -0.05) is 24.3 Å². The Morgan fingerprint density at radius 3 is 2.41 bits per heavy atom. The van der Waals surface area contributed by atoms with Crippen molar-refractivity contribution in [3.05, 3.63) is 60.4 Å². The SMILES string of the molecule is CN=C(NCCc1ccccn1)NCC(C)N1CCN(c2ccccc2)CC1.I. The lowest BCUT2D eigenvalue weighted by Crippen LogP contribution is -2.53. The summed E-state index contributed by atoms with van der Waals surface area (Å²) in [7, 11) is 1.82. The van der Waals surface area contributed by atoms with Gasteiger partial charge < -0.3 is 15.5 Å². The van der Waals surface area contributed by atoms with E-state index in [0.29, 0.717) is 6.04 Å².